The highest BCUT2D eigenvalue weighted by Crippen LogP contribution is 2.29. The lowest BCUT2D eigenvalue weighted by Gasteiger charge is -2.02. The molecule has 3 aromatic heterocycles. The fourth-order valence-electron chi connectivity index (χ4n) is 3.67. The molecule has 0 unspecified atom stereocenters. The van der Waals surface area contributed by atoms with Gasteiger partial charge in [0.15, 0.2) is 5.76 Å². The molecule has 3 heterocycles. The Morgan fingerprint density at radius 3 is 2.61 bits per heavy atom. The first-order valence-electron chi connectivity index (χ1n) is 10.5. The molecule has 0 spiro atoms. The van der Waals surface area contributed by atoms with Crippen molar-refractivity contribution in [3.8, 4) is 17.1 Å². The topological polar surface area (TPSA) is 90.2 Å². The van der Waals surface area contributed by atoms with E-state index < -0.39 is 0 Å². The number of hydrazone groups is 1. The summed E-state index contributed by atoms with van der Waals surface area (Å²) in [4.78, 5) is 12.3. The van der Waals surface area contributed by atoms with Gasteiger partial charge in [0.25, 0.3) is 5.91 Å². The van der Waals surface area contributed by atoms with Gasteiger partial charge in [0.05, 0.1) is 17.6 Å². The number of furan rings is 1. The van der Waals surface area contributed by atoms with E-state index in [1.807, 2.05) is 86.8 Å². The molecule has 8 nitrogen and oxygen atoms in total. The fourth-order valence-corrected chi connectivity index (χ4v) is 3.67. The molecular formula is C25H22N6O2. The van der Waals surface area contributed by atoms with E-state index in [0.717, 1.165) is 28.0 Å². The van der Waals surface area contributed by atoms with Gasteiger partial charge in [-0.05, 0) is 44.2 Å². The van der Waals surface area contributed by atoms with Crippen LogP contribution >= 0.6 is 0 Å². The summed E-state index contributed by atoms with van der Waals surface area (Å²) in [5, 5.41) is 14.2. The molecule has 0 radical (unpaired) electrons. The summed E-state index contributed by atoms with van der Waals surface area (Å²) < 4.78 is 9.44. The van der Waals surface area contributed by atoms with E-state index in [0.29, 0.717) is 17.0 Å². The average molecular weight is 438 g/mol. The third-order valence-electron chi connectivity index (χ3n) is 5.21. The number of aryl methyl sites for hydroxylation is 2. The van der Waals surface area contributed by atoms with E-state index >= 15 is 0 Å². The molecule has 0 bridgehead atoms. The molecule has 5 aromatic rings. The largest absolute Gasteiger partial charge is 0.454 e. The Bertz CT molecular complexity index is 1430. The number of amides is 1. The van der Waals surface area contributed by atoms with Gasteiger partial charge < -0.3 is 4.42 Å². The van der Waals surface area contributed by atoms with Crippen molar-refractivity contribution in [2.75, 3.05) is 0 Å². The van der Waals surface area contributed by atoms with Crippen molar-refractivity contribution in [1.29, 1.82) is 0 Å². The van der Waals surface area contributed by atoms with Gasteiger partial charge in [-0.2, -0.15) is 15.3 Å². The van der Waals surface area contributed by atoms with Crippen molar-refractivity contribution in [2.24, 2.45) is 5.10 Å². The molecule has 0 aliphatic rings. The van der Waals surface area contributed by atoms with E-state index in [2.05, 4.69) is 15.6 Å². The van der Waals surface area contributed by atoms with Crippen LogP contribution in [-0.2, 0) is 11.3 Å². The van der Waals surface area contributed by atoms with E-state index in [1.54, 1.807) is 15.6 Å². The molecule has 0 aliphatic heterocycles. The minimum absolute atomic E-state index is 0.0940. The third kappa shape index (κ3) is 4.31. The predicted octanol–water partition coefficient (Wildman–Crippen LogP) is 4.25. The van der Waals surface area contributed by atoms with Gasteiger partial charge >= 0.3 is 0 Å². The molecule has 0 atom stereocenters. The van der Waals surface area contributed by atoms with E-state index in [1.165, 1.54) is 0 Å². The number of carbonyl (C=O) groups excluding carboxylic acids is 1. The van der Waals surface area contributed by atoms with Crippen LogP contribution in [0.3, 0.4) is 0 Å². The summed E-state index contributed by atoms with van der Waals surface area (Å²) in [7, 11) is 0. The van der Waals surface area contributed by atoms with Crippen molar-refractivity contribution in [3.05, 3.63) is 89.9 Å². The summed E-state index contributed by atoms with van der Waals surface area (Å²) >= 11 is 0. The fraction of sp³-hybridized carbons (Fsp3) is 0.120. The molecule has 2 aromatic carbocycles. The lowest BCUT2D eigenvalue weighted by Crippen LogP contribution is -2.24. The molecule has 164 valence electrons. The SMILES string of the molecule is Cc1cc(C)n(CC(=O)NN=Cc2cn(-c3ccccc3)nc2-c2cc3ccccc3o2)n1. The summed E-state index contributed by atoms with van der Waals surface area (Å²) in [5.74, 6) is 0.361. The van der Waals surface area contributed by atoms with Gasteiger partial charge in [-0.3, -0.25) is 9.48 Å². The van der Waals surface area contributed by atoms with Crippen molar-refractivity contribution < 1.29 is 9.21 Å². The minimum Gasteiger partial charge on any atom is -0.454 e. The van der Waals surface area contributed by atoms with Gasteiger partial charge in [0.2, 0.25) is 0 Å². The number of nitrogens with one attached hydrogen (secondary N) is 1. The number of hydrogen-bond acceptors (Lipinski definition) is 5. The van der Waals surface area contributed by atoms with Crippen molar-refractivity contribution >= 4 is 23.1 Å². The van der Waals surface area contributed by atoms with Crippen LogP contribution in [0, 0.1) is 13.8 Å². The first-order chi connectivity index (χ1) is 16.1. The highest BCUT2D eigenvalue weighted by atomic mass is 16.3. The second-order valence-corrected chi connectivity index (χ2v) is 7.74. The van der Waals surface area contributed by atoms with Gasteiger partial charge in [0, 0.05) is 22.8 Å². The van der Waals surface area contributed by atoms with Crippen LogP contribution < -0.4 is 5.43 Å². The Hall–Kier alpha value is -4.46. The predicted molar refractivity (Wildman–Crippen MR) is 126 cm³/mol. The smallest absolute Gasteiger partial charge is 0.261 e. The summed E-state index contributed by atoms with van der Waals surface area (Å²) in [5.41, 5.74) is 7.39. The summed E-state index contributed by atoms with van der Waals surface area (Å²) in [6, 6.07) is 21.5. The van der Waals surface area contributed by atoms with Crippen LogP contribution in [0.5, 0.6) is 0 Å². The number of hydrogen-bond donors (Lipinski definition) is 1. The standard InChI is InChI=1S/C25H22N6O2/c1-17-12-18(2)30(28-17)16-24(32)27-26-14-20-15-31(21-9-4-3-5-10-21)29-25(20)23-13-19-8-6-7-11-22(19)33-23/h3-15H,16H2,1-2H3,(H,27,32). The van der Waals surface area contributed by atoms with Gasteiger partial charge in [-0.1, -0.05) is 36.4 Å². The molecule has 0 fully saturated rings. The van der Waals surface area contributed by atoms with Crippen LogP contribution in [0.25, 0.3) is 28.1 Å². The Kier molecular flexibility index (Phi) is 5.32. The Balaban J connectivity index is 1.43. The van der Waals surface area contributed by atoms with Crippen LogP contribution in [0.1, 0.15) is 17.0 Å². The number of carbonyl (C=O) groups is 1. The monoisotopic (exact) mass is 438 g/mol. The summed E-state index contributed by atoms with van der Waals surface area (Å²) in [6.07, 6.45) is 3.43. The Morgan fingerprint density at radius 2 is 1.85 bits per heavy atom. The quantitative estimate of drug-likeness (QED) is 0.317. The molecule has 0 saturated carbocycles. The van der Waals surface area contributed by atoms with E-state index in [9.17, 15) is 4.79 Å². The number of nitrogens with zero attached hydrogens (tertiary/aromatic N) is 5. The highest BCUT2D eigenvalue weighted by molar-refractivity contribution is 5.91. The maximum Gasteiger partial charge on any atom is 0.261 e. The number of aromatic nitrogens is 4. The maximum absolute atomic E-state index is 12.3. The normalized spacial score (nSPS) is 11.5. The van der Waals surface area contributed by atoms with Crippen LogP contribution in [-0.4, -0.2) is 31.7 Å². The second kappa shape index (κ2) is 8.58. The Morgan fingerprint density at radius 1 is 1.06 bits per heavy atom. The molecule has 8 heteroatoms. The minimum atomic E-state index is -0.266. The number of rotatable bonds is 6. The van der Waals surface area contributed by atoms with Crippen molar-refractivity contribution in [1.82, 2.24) is 25.0 Å². The molecule has 0 aliphatic carbocycles. The van der Waals surface area contributed by atoms with Gasteiger partial charge in [0.1, 0.15) is 17.8 Å². The van der Waals surface area contributed by atoms with Gasteiger partial charge in [-0.15, -0.1) is 0 Å². The van der Waals surface area contributed by atoms with Crippen molar-refractivity contribution in [2.45, 2.75) is 20.4 Å². The van der Waals surface area contributed by atoms with Crippen LogP contribution in [0.4, 0.5) is 0 Å². The number of benzene rings is 2. The Labute approximate surface area is 190 Å². The number of fused-ring (bicyclic) bond motifs is 1. The first-order valence-corrected chi connectivity index (χ1v) is 10.5. The maximum atomic E-state index is 12.3. The first kappa shape index (κ1) is 20.4. The van der Waals surface area contributed by atoms with E-state index in [4.69, 9.17) is 9.52 Å². The molecule has 0 saturated heterocycles. The zero-order valence-electron chi connectivity index (χ0n) is 18.3. The highest BCUT2D eigenvalue weighted by Gasteiger charge is 2.16. The van der Waals surface area contributed by atoms with Crippen molar-refractivity contribution in [3.63, 3.8) is 0 Å². The van der Waals surface area contributed by atoms with Crippen LogP contribution in [0.2, 0.25) is 0 Å². The third-order valence-corrected chi connectivity index (χ3v) is 5.21. The van der Waals surface area contributed by atoms with Gasteiger partial charge in [-0.25, -0.2) is 10.1 Å². The zero-order valence-corrected chi connectivity index (χ0v) is 18.3. The molecule has 1 N–H and O–H groups in total. The number of para-hydroxylation sites is 2. The molecule has 1 amide bonds. The lowest BCUT2D eigenvalue weighted by molar-refractivity contribution is -0.121. The van der Waals surface area contributed by atoms with Crippen LogP contribution in [0.15, 0.2) is 82.4 Å². The molecule has 33 heavy (non-hydrogen) atoms. The second-order valence-electron chi connectivity index (χ2n) is 7.74. The lowest BCUT2D eigenvalue weighted by atomic mass is 10.2. The summed E-state index contributed by atoms with van der Waals surface area (Å²) in [6.45, 7) is 3.90. The zero-order chi connectivity index (χ0) is 22.8. The average Bonchev–Trinajstić information content (AvgIpc) is 3.51. The molecular weight excluding hydrogens is 416 g/mol. The van der Waals surface area contributed by atoms with E-state index in [-0.39, 0.29) is 12.5 Å². The molecule has 5 rings (SSSR count).